The molecule has 0 radical (unpaired) electrons. The summed E-state index contributed by atoms with van der Waals surface area (Å²) in [6, 6.07) is 1.27. The second-order valence-corrected chi connectivity index (χ2v) is 5.09. The predicted molar refractivity (Wildman–Crippen MR) is 61.8 cm³/mol. The van der Waals surface area contributed by atoms with Crippen LogP contribution < -0.4 is 5.73 Å². The molecule has 3 heteroatoms. The number of hydrogen-bond acceptors (Lipinski definition) is 3. The summed E-state index contributed by atoms with van der Waals surface area (Å²) in [7, 11) is 1.82. The number of likely N-dealkylation sites (tertiary alicyclic amines) is 1. The molecule has 3 nitrogen and oxygen atoms in total. The Kier molecular flexibility index (Phi) is 3.65. The van der Waals surface area contributed by atoms with Gasteiger partial charge in [0.15, 0.2) is 0 Å². The van der Waals surface area contributed by atoms with Gasteiger partial charge in [-0.05, 0) is 38.5 Å². The van der Waals surface area contributed by atoms with Gasteiger partial charge in [0.1, 0.15) is 0 Å². The lowest BCUT2D eigenvalue weighted by Crippen LogP contribution is -2.52. The van der Waals surface area contributed by atoms with Crippen molar-refractivity contribution < 1.29 is 4.74 Å². The number of rotatable bonds is 4. The fourth-order valence-corrected chi connectivity index (χ4v) is 2.86. The highest BCUT2D eigenvalue weighted by Crippen LogP contribution is 2.37. The maximum Gasteiger partial charge on any atom is 0.0599 e. The van der Waals surface area contributed by atoms with Gasteiger partial charge in [0.2, 0.25) is 0 Å². The molecular weight excluding hydrogens is 188 g/mol. The molecule has 2 N–H and O–H groups in total. The number of piperidine rings is 1. The minimum Gasteiger partial charge on any atom is -0.381 e. The molecule has 0 aromatic rings. The van der Waals surface area contributed by atoms with Gasteiger partial charge >= 0.3 is 0 Å². The molecule has 15 heavy (non-hydrogen) atoms. The number of nitrogens with zero attached hydrogens (tertiary/aromatic N) is 1. The van der Waals surface area contributed by atoms with Gasteiger partial charge < -0.3 is 10.5 Å². The molecule has 2 fully saturated rings. The highest BCUT2D eigenvalue weighted by atomic mass is 16.5. The Balaban J connectivity index is 1.92. The fraction of sp³-hybridized carbons (Fsp3) is 1.00. The van der Waals surface area contributed by atoms with Gasteiger partial charge in [-0.25, -0.2) is 0 Å². The van der Waals surface area contributed by atoms with Crippen LogP contribution in [0.1, 0.15) is 32.6 Å². The van der Waals surface area contributed by atoms with Gasteiger partial charge in [-0.15, -0.1) is 0 Å². The Labute approximate surface area is 93.0 Å². The molecule has 2 aliphatic rings. The van der Waals surface area contributed by atoms with Crippen molar-refractivity contribution >= 4 is 0 Å². The van der Waals surface area contributed by atoms with Gasteiger partial charge in [0, 0.05) is 32.3 Å². The van der Waals surface area contributed by atoms with E-state index in [0.29, 0.717) is 12.1 Å². The molecule has 0 spiro atoms. The third-order valence-corrected chi connectivity index (χ3v) is 4.15. The van der Waals surface area contributed by atoms with Crippen molar-refractivity contribution in [2.45, 2.75) is 50.8 Å². The van der Waals surface area contributed by atoms with Gasteiger partial charge in [-0.3, -0.25) is 4.90 Å². The van der Waals surface area contributed by atoms with Crippen molar-refractivity contribution in [3.63, 3.8) is 0 Å². The molecule has 1 heterocycles. The smallest absolute Gasteiger partial charge is 0.0599 e. The van der Waals surface area contributed by atoms with Crippen molar-refractivity contribution in [1.29, 1.82) is 0 Å². The van der Waals surface area contributed by atoms with E-state index < -0.39 is 0 Å². The SMILES string of the molecule is COC1CCN(C(C)C2CC2)C(CN)C1. The zero-order chi connectivity index (χ0) is 10.8. The van der Waals surface area contributed by atoms with E-state index >= 15 is 0 Å². The van der Waals surface area contributed by atoms with E-state index in [4.69, 9.17) is 10.5 Å². The first-order chi connectivity index (χ1) is 7.26. The van der Waals surface area contributed by atoms with Crippen LogP contribution >= 0.6 is 0 Å². The molecule has 1 saturated heterocycles. The summed E-state index contributed by atoms with van der Waals surface area (Å²) in [5.74, 6) is 0.943. The summed E-state index contributed by atoms with van der Waals surface area (Å²) in [5.41, 5.74) is 5.87. The third-order valence-electron chi connectivity index (χ3n) is 4.15. The summed E-state index contributed by atoms with van der Waals surface area (Å²) in [6.07, 6.45) is 5.56. The van der Waals surface area contributed by atoms with Crippen LogP contribution in [-0.4, -0.2) is 43.3 Å². The molecule has 1 aliphatic carbocycles. The zero-order valence-electron chi connectivity index (χ0n) is 9.98. The van der Waals surface area contributed by atoms with Crippen molar-refractivity contribution in [2.24, 2.45) is 11.7 Å². The second kappa shape index (κ2) is 4.81. The van der Waals surface area contributed by atoms with E-state index in [1.807, 2.05) is 7.11 Å². The van der Waals surface area contributed by atoms with E-state index in [9.17, 15) is 0 Å². The van der Waals surface area contributed by atoms with Gasteiger partial charge in [0.25, 0.3) is 0 Å². The van der Waals surface area contributed by atoms with E-state index in [-0.39, 0.29) is 0 Å². The standard InChI is InChI=1S/C12H24N2O/c1-9(10-3-4-10)14-6-5-12(15-2)7-11(14)8-13/h9-12H,3-8,13H2,1-2H3. The van der Waals surface area contributed by atoms with Crippen LogP contribution in [0.25, 0.3) is 0 Å². The number of nitrogens with two attached hydrogens (primary N) is 1. The molecule has 1 saturated carbocycles. The predicted octanol–water partition coefficient (Wildman–Crippen LogP) is 1.22. The van der Waals surface area contributed by atoms with Crippen LogP contribution in [0.15, 0.2) is 0 Å². The normalized spacial score (nSPS) is 35.4. The fourth-order valence-electron chi connectivity index (χ4n) is 2.86. The summed E-state index contributed by atoms with van der Waals surface area (Å²) in [5, 5.41) is 0. The Hall–Kier alpha value is -0.120. The van der Waals surface area contributed by atoms with E-state index in [2.05, 4.69) is 11.8 Å². The summed E-state index contributed by atoms with van der Waals surface area (Å²) in [4.78, 5) is 2.62. The maximum absolute atomic E-state index is 5.87. The van der Waals surface area contributed by atoms with Crippen LogP contribution in [0, 0.1) is 5.92 Å². The van der Waals surface area contributed by atoms with Crippen LogP contribution in [0.3, 0.4) is 0 Å². The topological polar surface area (TPSA) is 38.5 Å². The third kappa shape index (κ3) is 2.52. The molecule has 88 valence electrons. The van der Waals surface area contributed by atoms with Gasteiger partial charge in [0.05, 0.1) is 6.10 Å². The quantitative estimate of drug-likeness (QED) is 0.761. The molecule has 0 bridgehead atoms. The molecule has 0 aromatic carbocycles. The second-order valence-electron chi connectivity index (χ2n) is 5.09. The highest BCUT2D eigenvalue weighted by molar-refractivity contribution is 4.92. The van der Waals surface area contributed by atoms with Crippen molar-refractivity contribution in [2.75, 3.05) is 20.2 Å². The first kappa shape index (κ1) is 11.4. The zero-order valence-corrected chi connectivity index (χ0v) is 9.98. The van der Waals surface area contributed by atoms with Crippen LogP contribution in [0.2, 0.25) is 0 Å². The average molecular weight is 212 g/mol. The molecule has 3 atom stereocenters. The first-order valence-electron chi connectivity index (χ1n) is 6.24. The molecule has 3 unspecified atom stereocenters. The molecular formula is C12H24N2O. The summed E-state index contributed by atoms with van der Waals surface area (Å²) < 4.78 is 5.45. The van der Waals surface area contributed by atoms with Crippen molar-refractivity contribution in [3.8, 4) is 0 Å². The van der Waals surface area contributed by atoms with Crippen LogP contribution in [0.5, 0.6) is 0 Å². The minimum absolute atomic E-state index is 0.432. The van der Waals surface area contributed by atoms with Crippen LogP contribution in [0.4, 0.5) is 0 Å². The van der Waals surface area contributed by atoms with E-state index in [1.54, 1.807) is 0 Å². The minimum atomic E-state index is 0.432. The van der Waals surface area contributed by atoms with E-state index in [1.165, 1.54) is 19.3 Å². The molecule has 1 aliphatic heterocycles. The number of hydrogen-bond donors (Lipinski definition) is 1. The largest absolute Gasteiger partial charge is 0.381 e. The van der Waals surface area contributed by atoms with Gasteiger partial charge in [-0.1, -0.05) is 0 Å². The van der Waals surface area contributed by atoms with E-state index in [0.717, 1.165) is 31.5 Å². The number of ether oxygens (including phenoxy) is 1. The van der Waals surface area contributed by atoms with Crippen molar-refractivity contribution in [3.05, 3.63) is 0 Å². The van der Waals surface area contributed by atoms with Gasteiger partial charge in [-0.2, -0.15) is 0 Å². The monoisotopic (exact) mass is 212 g/mol. The molecule has 2 rings (SSSR count). The molecule has 0 aromatic heterocycles. The highest BCUT2D eigenvalue weighted by Gasteiger charge is 2.37. The number of methoxy groups -OCH3 is 1. The first-order valence-corrected chi connectivity index (χ1v) is 6.24. The Morgan fingerprint density at radius 2 is 2.13 bits per heavy atom. The summed E-state index contributed by atoms with van der Waals surface area (Å²) >= 11 is 0. The lowest BCUT2D eigenvalue weighted by Gasteiger charge is -2.42. The van der Waals surface area contributed by atoms with Crippen molar-refractivity contribution in [1.82, 2.24) is 4.90 Å². The lowest BCUT2D eigenvalue weighted by molar-refractivity contribution is -0.00482. The molecule has 0 amide bonds. The Bertz CT molecular complexity index is 206. The lowest BCUT2D eigenvalue weighted by atomic mass is 9.96. The van der Waals surface area contributed by atoms with Crippen LogP contribution in [-0.2, 0) is 4.74 Å². The Morgan fingerprint density at radius 1 is 1.40 bits per heavy atom. The maximum atomic E-state index is 5.87. The Morgan fingerprint density at radius 3 is 2.67 bits per heavy atom. The summed E-state index contributed by atoms with van der Waals surface area (Å²) in [6.45, 7) is 4.31. The average Bonchev–Trinajstić information content (AvgIpc) is 3.11.